The lowest BCUT2D eigenvalue weighted by Crippen LogP contribution is -2.47. The Balaban J connectivity index is 2.05. The van der Waals surface area contributed by atoms with Crippen molar-refractivity contribution in [2.45, 2.75) is 43.8 Å². The monoisotopic (exact) mass is 309 g/mol. The molecule has 0 unspecified atom stereocenters. The van der Waals surface area contributed by atoms with E-state index in [1.807, 2.05) is 0 Å². The molecule has 0 saturated heterocycles. The van der Waals surface area contributed by atoms with Crippen molar-refractivity contribution >= 4 is 11.6 Å². The van der Waals surface area contributed by atoms with Gasteiger partial charge in [0.15, 0.2) is 0 Å². The highest BCUT2D eigenvalue weighted by molar-refractivity contribution is 6.31. The maximum atomic E-state index is 13.4. The molecule has 20 heavy (non-hydrogen) atoms. The number of alkyl halides is 3. The molecule has 112 valence electrons. The van der Waals surface area contributed by atoms with E-state index in [9.17, 15) is 17.6 Å². The Morgan fingerprint density at radius 3 is 2.40 bits per heavy atom. The van der Waals surface area contributed by atoms with Gasteiger partial charge in [0.1, 0.15) is 5.82 Å². The molecule has 6 heteroatoms. The third kappa shape index (κ3) is 3.44. The summed E-state index contributed by atoms with van der Waals surface area (Å²) in [6.07, 6.45) is -3.28. The van der Waals surface area contributed by atoms with Crippen molar-refractivity contribution < 1.29 is 17.6 Å². The highest BCUT2D eigenvalue weighted by Gasteiger charge is 2.44. The number of hydrogen-bond donors (Lipinski definition) is 1. The molecule has 0 aromatic heterocycles. The first-order chi connectivity index (χ1) is 9.21. The first-order valence-electron chi connectivity index (χ1n) is 6.50. The average Bonchev–Trinajstić information content (AvgIpc) is 2.34. The van der Waals surface area contributed by atoms with Gasteiger partial charge in [-0.25, -0.2) is 4.39 Å². The summed E-state index contributed by atoms with van der Waals surface area (Å²) in [5.74, 6) is -1.81. The van der Waals surface area contributed by atoms with E-state index >= 15 is 0 Å². The molecule has 0 amide bonds. The van der Waals surface area contributed by atoms with Crippen LogP contribution in [0.1, 0.15) is 31.2 Å². The first kappa shape index (κ1) is 15.6. The van der Waals surface area contributed by atoms with E-state index in [0.717, 1.165) is 0 Å². The summed E-state index contributed by atoms with van der Waals surface area (Å²) in [4.78, 5) is 0. The molecule has 0 atom stereocenters. The van der Waals surface area contributed by atoms with E-state index in [2.05, 4.69) is 0 Å². The molecule has 1 aliphatic carbocycles. The molecule has 0 aliphatic heterocycles. The number of nitrogens with two attached hydrogens (primary N) is 1. The Hall–Kier alpha value is -0.810. The molecular formula is C14H16ClF4N. The normalized spacial score (nSPS) is 27.6. The van der Waals surface area contributed by atoms with Crippen molar-refractivity contribution in [2.75, 3.05) is 0 Å². The molecule has 1 aromatic rings. The van der Waals surface area contributed by atoms with Crippen molar-refractivity contribution in [3.63, 3.8) is 0 Å². The Morgan fingerprint density at radius 2 is 1.85 bits per heavy atom. The van der Waals surface area contributed by atoms with Crippen LogP contribution in [0.3, 0.4) is 0 Å². The molecule has 1 aliphatic rings. The lowest BCUT2D eigenvalue weighted by atomic mass is 9.74. The summed E-state index contributed by atoms with van der Waals surface area (Å²) < 4.78 is 51.2. The van der Waals surface area contributed by atoms with Crippen LogP contribution in [0.4, 0.5) is 17.6 Å². The van der Waals surface area contributed by atoms with Gasteiger partial charge in [0, 0.05) is 5.54 Å². The van der Waals surface area contributed by atoms with Gasteiger partial charge in [-0.05, 0) is 43.7 Å². The Labute approximate surface area is 120 Å². The highest BCUT2D eigenvalue weighted by Crippen LogP contribution is 2.41. The minimum atomic E-state index is -4.15. The van der Waals surface area contributed by atoms with Gasteiger partial charge in [0.05, 0.1) is 10.9 Å². The third-order valence-electron chi connectivity index (χ3n) is 4.02. The number of rotatable bonds is 2. The van der Waals surface area contributed by atoms with E-state index in [-0.39, 0.29) is 30.7 Å². The molecule has 0 spiro atoms. The fraction of sp³-hybridized carbons (Fsp3) is 0.571. The maximum absolute atomic E-state index is 13.4. The minimum absolute atomic E-state index is 0.00951. The van der Waals surface area contributed by atoms with Crippen molar-refractivity contribution in [1.29, 1.82) is 0 Å². The van der Waals surface area contributed by atoms with E-state index in [0.29, 0.717) is 12.0 Å². The molecule has 0 bridgehead atoms. The van der Waals surface area contributed by atoms with Crippen molar-refractivity contribution in [3.8, 4) is 0 Å². The summed E-state index contributed by atoms with van der Waals surface area (Å²) in [5, 5.41) is 0.00951. The Morgan fingerprint density at radius 1 is 1.25 bits per heavy atom. The number of halogens is 5. The van der Waals surface area contributed by atoms with Crippen LogP contribution in [0.25, 0.3) is 0 Å². The van der Waals surface area contributed by atoms with Gasteiger partial charge >= 0.3 is 6.18 Å². The van der Waals surface area contributed by atoms with Crippen LogP contribution >= 0.6 is 11.6 Å². The Bertz CT molecular complexity index is 479. The molecule has 1 nitrogen and oxygen atoms in total. The van der Waals surface area contributed by atoms with E-state index in [1.165, 1.54) is 12.1 Å². The topological polar surface area (TPSA) is 26.0 Å². The Kier molecular flexibility index (Phi) is 4.30. The van der Waals surface area contributed by atoms with E-state index in [1.54, 1.807) is 6.07 Å². The predicted molar refractivity (Wildman–Crippen MR) is 70.0 cm³/mol. The molecule has 0 heterocycles. The second-order valence-corrected chi connectivity index (χ2v) is 5.95. The van der Waals surface area contributed by atoms with Crippen LogP contribution in [0.2, 0.25) is 5.02 Å². The fourth-order valence-electron chi connectivity index (χ4n) is 2.76. The average molecular weight is 310 g/mol. The van der Waals surface area contributed by atoms with Crippen LogP contribution in [0.15, 0.2) is 18.2 Å². The van der Waals surface area contributed by atoms with Crippen LogP contribution in [-0.2, 0) is 6.42 Å². The summed E-state index contributed by atoms with van der Waals surface area (Å²) in [7, 11) is 0. The van der Waals surface area contributed by atoms with Crippen molar-refractivity contribution in [2.24, 2.45) is 11.7 Å². The lowest BCUT2D eigenvalue weighted by Gasteiger charge is -2.38. The molecule has 2 rings (SSSR count). The quantitative estimate of drug-likeness (QED) is 0.801. The van der Waals surface area contributed by atoms with Gasteiger partial charge in [-0.3, -0.25) is 0 Å². The van der Waals surface area contributed by atoms with Crippen LogP contribution in [0, 0.1) is 11.7 Å². The molecule has 1 saturated carbocycles. The molecule has 2 N–H and O–H groups in total. The number of hydrogen-bond acceptors (Lipinski definition) is 1. The second-order valence-electron chi connectivity index (χ2n) is 5.57. The minimum Gasteiger partial charge on any atom is -0.325 e. The van der Waals surface area contributed by atoms with Gasteiger partial charge in [0.25, 0.3) is 0 Å². The zero-order valence-corrected chi connectivity index (χ0v) is 11.6. The summed E-state index contributed by atoms with van der Waals surface area (Å²) in [6, 6.07) is 4.44. The summed E-state index contributed by atoms with van der Waals surface area (Å²) in [6.45, 7) is 0. The molecular weight excluding hydrogens is 294 g/mol. The zero-order chi connectivity index (χ0) is 15.0. The van der Waals surface area contributed by atoms with Gasteiger partial charge < -0.3 is 5.73 Å². The van der Waals surface area contributed by atoms with E-state index in [4.69, 9.17) is 17.3 Å². The summed E-state index contributed by atoms with van der Waals surface area (Å²) >= 11 is 5.87. The smallest absolute Gasteiger partial charge is 0.325 e. The lowest BCUT2D eigenvalue weighted by molar-refractivity contribution is -0.184. The molecule has 0 radical (unpaired) electrons. The maximum Gasteiger partial charge on any atom is 0.391 e. The zero-order valence-electron chi connectivity index (χ0n) is 10.8. The van der Waals surface area contributed by atoms with Crippen molar-refractivity contribution in [1.82, 2.24) is 0 Å². The van der Waals surface area contributed by atoms with Gasteiger partial charge in [-0.1, -0.05) is 23.7 Å². The number of benzene rings is 1. The standard InChI is InChI=1S/C14H16ClF4N/c15-12-9(2-1-3-11(12)16)8-13(20)6-4-10(5-7-13)14(17,18)19/h1-3,10H,4-8,20H2. The van der Waals surface area contributed by atoms with Crippen LogP contribution in [-0.4, -0.2) is 11.7 Å². The van der Waals surface area contributed by atoms with Crippen LogP contribution in [0.5, 0.6) is 0 Å². The van der Waals surface area contributed by atoms with E-state index < -0.39 is 23.5 Å². The largest absolute Gasteiger partial charge is 0.391 e. The SMILES string of the molecule is NC1(Cc2cccc(F)c2Cl)CCC(C(F)(F)F)CC1. The highest BCUT2D eigenvalue weighted by atomic mass is 35.5. The molecule has 1 aromatic carbocycles. The van der Waals surface area contributed by atoms with Gasteiger partial charge in [-0.15, -0.1) is 0 Å². The second kappa shape index (κ2) is 5.53. The first-order valence-corrected chi connectivity index (χ1v) is 6.87. The van der Waals surface area contributed by atoms with Gasteiger partial charge in [0.2, 0.25) is 0 Å². The summed E-state index contributed by atoms with van der Waals surface area (Å²) in [5.41, 5.74) is 5.99. The molecule has 1 fully saturated rings. The predicted octanol–water partition coefficient (Wildman–Crippen LogP) is 4.47. The van der Waals surface area contributed by atoms with Gasteiger partial charge in [-0.2, -0.15) is 13.2 Å². The third-order valence-corrected chi connectivity index (χ3v) is 4.44. The fourth-order valence-corrected chi connectivity index (χ4v) is 2.95. The van der Waals surface area contributed by atoms with Crippen molar-refractivity contribution in [3.05, 3.63) is 34.6 Å². The van der Waals surface area contributed by atoms with Crippen LogP contribution < -0.4 is 5.73 Å².